The van der Waals surface area contributed by atoms with Crippen LogP contribution in [-0.2, 0) is 6.54 Å². The molecule has 0 fully saturated rings. The Kier molecular flexibility index (Phi) is 4.44. The number of amides is 1. The number of rotatable bonds is 4. The minimum absolute atomic E-state index is 0.269. The highest BCUT2D eigenvalue weighted by Crippen LogP contribution is 2.34. The zero-order chi connectivity index (χ0) is 16.5. The third-order valence-electron chi connectivity index (χ3n) is 3.62. The molecule has 0 saturated carbocycles. The molecule has 0 radical (unpaired) electrons. The molecule has 0 saturated heterocycles. The average Bonchev–Trinajstić information content (AvgIpc) is 2.73. The molecular weight excluding hydrogens is 278 g/mol. The third-order valence-corrected chi connectivity index (χ3v) is 3.62. The van der Waals surface area contributed by atoms with Crippen LogP contribution in [0.25, 0.3) is 11.0 Å². The number of aromatic nitrogens is 2. The minimum atomic E-state index is -1.02. The van der Waals surface area contributed by atoms with Crippen molar-refractivity contribution < 1.29 is 9.90 Å². The first-order valence-corrected chi connectivity index (χ1v) is 7.64. The van der Waals surface area contributed by atoms with Crippen LogP contribution in [0.5, 0.6) is 0 Å². The highest BCUT2D eigenvalue weighted by Gasteiger charge is 2.32. The molecule has 0 bridgehead atoms. The Hall–Kier alpha value is -2.04. The fourth-order valence-electron chi connectivity index (χ4n) is 2.66. The van der Waals surface area contributed by atoms with E-state index in [-0.39, 0.29) is 11.5 Å². The summed E-state index contributed by atoms with van der Waals surface area (Å²) in [5.74, 6) is 1.23. The van der Waals surface area contributed by atoms with Crippen molar-refractivity contribution in [3.05, 3.63) is 30.1 Å². The average molecular weight is 303 g/mol. The monoisotopic (exact) mass is 303 g/mol. The number of nitrogens with one attached hydrogen (secondary N) is 1. The lowest BCUT2D eigenvalue weighted by Gasteiger charge is -2.30. The van der Waals surface area contributed by atoms with Crippen LogP contribution >= 0.6 is 0 Å². The van der Waals surface area contributed by atoms with Crippen molar-refractivity contribution in [3.63, 3.8) is 0 Å². The van der Waals surface area contributed by atoms with Crippen LogP contribution in [0.2, 0.25) is 0 Å². The Bertz CT molecular complexity index is 668. The first-order chi connectivity index (χ1) is 10.2. The van der Waals surface area contributed by atoms with Crippen molar-refractivity contribution in [3.8, 4) is 0 Å². The first kappa shape index (κ1) is 16.3. The van der Waals surface area contributed by atoms with Crippen LogP contribution in [0.15, 0.2) is 24.3 Å². The molecule has 2 rings (SSSR count). The molecule has 0 spiro atoms. The van der Waals surface area contributed by atoms with Crippen molar-refractivity contribution >= 4 is 17.1 Å². The number of nitrogens with zero attached hydrogens (tertiary/aromatic N) is 2. The van der Waals surface area contributed by atoms with E-state index < -0.39 is 6.09 Å². The molecule has 0 aliphatic rings. The highest BCUT2D eigenvalue weighted by atomic mass is 16.4. The summed E-state index contributed by atoms with van der Waals surface area (Å²) in [6.07, 6.45) is -1.02. The number of hydrogen-bond acceptors (Lipinski definition) is 2. The topological polar surface area (TPSA) is 67.2 Å². The Morgan fingerprint density at radius 2 is 1.95 bits per heavy atom. The molecule has 5 heteroatoms. The summed E-state index contributed by atoms with van der Waals surface area (Å²) < 4.78 is 2.14. The summed E-state index contributed by atoms with van der Waals surface area (Å²) in [7, 11) is 0. The highest BCUT2D eigenvalue weighted by molar-refractivity contribution is 5.76. The number of imidazole rings is 1. The maximum absolute atomic E-state index is 11.2. The normalized spacial score (nSPS) is 13.5. The van der Waals surface area contributed by atoms with Gasteiger partial charge in [0.2, 0.25) is 0 Å². The zero-order valence-corrected chi connectivity index (χ0v) is 13.9. The van der Waals surface area contributed by atoms with Gasteiger partial charge in [0, 0.05) is 6.54 Å². The van der Waals surface area contributed by atoms with Gasteiger partial charge in [-0.3, -0.25) is 0 Å². The van der Waals surface area contributed by atoms with Crippen molar-refractivity contribution in [2.75, 3.05) is 0 Å². The van der Waals surface area contributed by atoms with Gasteiger partial charge in [-0.15, -0.1) is 0 Å². The molecule has 5 nitrogen and oxygen atoms in total. The maximum atomic E-state index is 11.2. The Morgan fingerprint density at radius 1 is 1.32 bits per heavy atom. The second-order valence-corrected chi connectivity index (χ2v) is 7.21. The van der Waals surface area contributed by atoms with E-state index in [0.717, 1.165) is 23.4 Å². The van der Waals surface area contributed by atoms with Crippen molar-refractivity contribution in [1.82, 2.24) is 14.9 Å². The molecule has 1 heterocycles. The van der Waals surface area contributed by atoms with E-state index in [4.69, 9.17) is 4.98 Å². The van der Waals surface area contributed by atoms with Gasteiger partial charge < -0.3 is 15.0 Å². The molecule has 1 aromatic carbocycles. The SMILES string of the molecule is CC(C)Cn1c(C(NC(=O)O)C(C)(C)C)nc2ccccc21. The summed E-state index contributed by atoms with van der Waals surface area (Å²) >= 11 is 0. The predicted octanol–water partition coefficient (Wildman–Crippen LogP) is 4.05. The second-order valence-electron chi connectivity index (χ2n) is 7.21. The number of benzene rings is 1. The molecule has 120 valence electrons. The van der Waals surface area contributed by atoms with Crippen LogP contribution in [0, 0.1) is 11.3 Å². The lowest BCUT2D eigenvalue weighted by Crippen LogP contribution is -2.37. The fourth-order valence-corrected chi connectivity index (χ4v) is 2.66. The molecule has 0 aliphatic carbocycles. The molecule has 0 aliphatic heterocycles. The lowest BCUT2D eigenvalue weighted by atomic mass is 9.86. The van der Waals surface area contributed by atoms with Crippen LogP contribution in [0.4, 0.5) is 4.79 Å². The molecule has 22 heavy (non-hydrogen) atoms. The van der Waals surface area contributed by atoms with E-state index in [1.54, 1.807) is 0 Å². The van der Waals surface area contributed by atoms with Gasteiger partial charge in [0.25, 0.3) is 0 Å². The molecule has 2 N–H and O–H groups in total. The van der Waals surface area contributed by atoms with Crippen LogP contribution in [0.3, 0.4) is 0 Å². The zero-order valence-electron chi connectivity index (χ0n) is 13.9. The summed E-state index contributed by atoms with van der Waals surface area (Å²) in [5, 5.41) is 11.9. The number of hydrogen-bond donors (Lipinski definition) is 2. The van der Waals surface area contributed by atoms with E-state index in [1.807, 2.05) is 45.0 Å². The molecular formula is C17H25N3O2. The quantitative estimate of drug-likeness (QED) is 0.895. The van der Waals surface area contributed by atoms with Crippen molar-refractivity contribution in [2.45, 2.75) is 47.2 Å². The molecule has 1 unspecified atom stereocenters. The molecule has 1 aromatic heterocycles. The summed E-state index contributed by atoms with van der Waals surface area (Å²) in [4.78, 5) is 16.0. The van der Waals surface area contributed by atoms with Crippen LogP contribution in [0.1, 0.15) is 46.5 Å². The first-order valence-electron chi connectivity index (χ1n) is 7.64. The summed E-state index contributed by atoms with van der Waals surface area (Å²) in [6, 6.07) is 7.58. The number of carboxylic acid groups (broad SMARTS) is 1. The fraction of sp³-hybridized carbons (Fsp3) is 0.529. The maximum Gasteiger partial charge on any atom is 0.405 e. The standard InChI is InChI=1S/C17H25N3O2/c1-11(2)10-20-13-9-7-6-8-12(13)18-15(20)14(17(3,4)5)19-16(21)22/h6-9,11,14,19H,10H2,1-5H3,(H,21,22). The Morgan fingerprint density at radius 3 is 2.50 bits per heavy atom. The minimum Gasteiger partial charge on any atom is -0.465 e. The van der Waals surface area contributed by atoms with Crippen molar-refractivity contribution in [2.24, 2.45) is 11.3 Å². The Balaban J connectivity index is 2.62. The van der Waals surface area contributed by atoms with Gasteiger partial charge in [-0.25, -0.2) is 9.78 Å². The van der Waals surface area contributed by atoms with E-state index in [2.05, 4.69) is 23.7 Å². The van der Waals surface area contributed by atoms with Crippen molar-refractivity contribution in [1.29, 1.82) is 0 Å². The number of para-hydroxylation sites is 2. The summed E-state index contributed by atoms with van der Waals surface area (Å²) in [5.41, 5.74) is 1.68. The molecule has 1 amide bonds. The van der Waals surface area contributed by atoms with Gasteiger partial charge in [0.1, 0.15) is 5.82 Å². The van der Waals surface area contributed by atoms with Gasteiger partial charge in [-0.05, 0) is 23.5 Å². The van der Waals surface area contributed by atoms with E-state index in [1.165, 1.54) is 0 Å². The lowest BCUT2D eigenvalue weighted by molar-refractivity contribution is 0.171. The third kappa shape index (κ3) is 3.40. The van der Waals surface area contributed by atoms with E-state index in [0.29, 0.717) is 5.92 Å². The van der Waals surface area contributed by atoms with E-state index in [9.17, 15) is 9.90 Å². The number of carbonyl (C=O) groups is 1. The van der Waals surface area contributed by atoms with E-state index >= 15 is 0 Å². The molecule has 1 atom stereocenters. The van der Waals surface area contributed by atoms with Gasteiger partial charge >= 0.3 is 6.09 Å². The van der Waals surface area contributed by atoms with Gasteiger partial charge in [-0.1, -0.05) is 46.8 Å². The largest absolute Gasteiger partial charge is 0.465 e. The van der Waals surface area contributed by atoms with Crippen LogP contribution < -0.4 is 5.32 Å². The molecule has 2 aromatic rings. The van der Waals surface area contributed by atoms with Crippen LogP contribution in [-0.4, -0.2) is 20.8 Å². The Labute approximate surface area is 131 Å². The summed E-state index contributed by atoms with van der Waals surface area (Å²) in [6.45, 7) is 11.2. The van der Waals surface area contributed by atoms with Gasteiger partial charge in [-0.2, -0.15) is 0 Å². The number of fused-ring (bicyclic) bond motifs is 1. The second kappa shape index (κ2) is 5.99. The van der Waals surface area contributed by atoms with Gasteiger partial charge in [0.15, 0.2) is 0 Å². The smallest absolute Gasteiger partial charge is 0.405 e. The predicted molar refractivity (Wildman–Crippen MR) is 87.9 cm³/mol. The van der Waals surface area contributed by atoms with Gasteiger partial charge in [0.05, 0.1) is 17.1 Å².